The number of piperidine rings is 1. The number of likely N-dealkylation sites (tertiary alicyclic amines) is 1. The Hall–Kier alpha value is -0.500. The zero-order chi connectivity index (χ0) is 12.1. The molecule has 17 heavy (non-hydrogen) atoms. The van der Waals surface area contributed by atoms with Crippen LogP contribution in [0.5, 0.6) is 0 Å². The molecule has 2 atom stereocenters. The van der Waals surface area contributed by atoms with E-state index in [4.69, 9.17) is 4.74 Å². The van der Waals surface area contributed by atoms with E-state index in [-0.39, 0.29) is 11.2 Å². The maximum atomic E-state index is 6.42. The predicted molar refractivity (Wildman–Crippen MR) is 69.8 cm³/mol. The van der Waals surface area contributed by atoms with Crippen molar-refractivity contribution in [1.29, 1.82) is 0 Å². The van der Waals surface area contributed by atoms with E-state index >= 15 is 0 Å². The van der Waals surface area contributed by atoms with Crippen LogP contribution in [0.15, 0.2) is 11.8 Å². The molecule has 3 heterocycles. The molecule has 0 aromatic heterocycles. The first-order valence-electron chi connectivity index (χ1n) is 7.19. The molecule has 2 nitrogen and oxygen atoms in total. The van der Waals surface area contributed by atoms with E-state index in [1.807, 2.05) is 0 Å². The Morgan fingerprint density at radius 3 is 2.47 bits per heavy atom. The lowest BCUT2D eigenvalue weighted by Crippen LogP contribution is -2.57. The molecule has 0 unspecified atom stereocenters. The highest BCUT2D eigenvalue weighted by Gasteiger charge is 2.50. The van der Waals surface area contributed by atoms with Gasteiger partial charge in [0.2, 0.25) is 0 Å². The Bertz CT molecular complexity index is 341. The van der Waals surface area contributed by atoms with Gasteiger partial charge in [0, 0.05) is 24.7 Å². The van der Waals surface area contributed by atoms with Gasteiger partial charge in [0.05, 0.1) is 5.60 Å². The van der Waals surface area contributed by atoms with Crippen LogP contribution in [0.25, 0.3) is 0 Å². The van der Waals surface area contributed by atoms with Gasteiger partial charge < -0.3 is 9.64 Å². The fourth-order valence-corrected chi connectivity index (χ4v) is 3.89. The maximum Gasteiger partial charge on any atom is 0.105 e. The summed E-state index contributed by atoms with van der Waals surface area (Å²) in [5.74, 6) is 0.612. The van der Waals surface area contributed by atoms with Crippen LogP contribution in [0.3, 0.4) is 0 Å². The molecule has 0 N–H and O–H groups in total. The third kappa shape index (κ3) is 1.81. The van der Waals surface area contributed by atoms with E-state index in [0.29, 0.717) is 5.92 Å². The quantitative estimate of drug-likeness (QED) is 0.691. The predicted octanol–water partition coefficient (Wildman–Crippen LogP) is 3.33. The second-order valence-electron chi connectivity index (χ2n) is 6.68. The highest BCUT2D eigenvalue weighted by molar-refractivity contribution is 5.26. The molecule has 4 aliphatic rings. The van der Waals surface area contributed by atoms with Crippen molar-refractivity contribution >= 4 is 0 Å². The normalized spacial score (nSPS) is 40.3. The average molecular weight is 235 g/mol. The van der Waals surface area contributed by atoms with Crippen molar-refractivity contribution in [2.24, 2.45) is 5.92 Å². The average Bonchev–Trinajstić information content (AvgIpc) is 2.28. The minimum Gasteiger partial charge on any atom is -0.373 e. The van der Waals surface area contributed by atoms with E-state index in [1.54, 1.807) is 0 Å². The molecule has 0 aromatic carbocycles. The van der Waals surface area contributed by atoms with Gasteiger partial charge in [-0.1, -0.05) is 6.08 Å². The summed E-state index contributed by atoms with van der Waals surface area (Å²) in [6.45, 7) is 9.26. The van der Waals surface area contributed by atoms with Gasteiger partial charge in [0.25, 0.3) is 0 Å². The number of ether oxygens (including phenoxy) is 1. The minimum atomic E-state index is -0.0183. The molecule has 0 saturated carbocycles. The van der Waals surface area contributed by atoms with Crippen molar-refractivity contribution in [2.45, 2.75) is 64.1 Å². The minimum absolute atomic E-state index is 0.0183. The fraction of sp³-hybridized carbons (Fsp3) is 0.867. The van der Waals surface area contributed by atoms with E-state index in [1.165, 1.54) is 50.9 Å². The van der Waals surface area contributed by atoms with Gasteiger partial charge in [0.15, 0.2) is 0 Å². The molecule has 0 radical (unpaired) electrons. The van der Waals surface area contributed by atoms with Gasteiger partial charge in [-0.25, -0.2) is 0 Å². The number of fused-ring (bicyclic) bond motifs is 2. The molecule has 1 aliphatic carbocycles. The summed E-state index contributed by atoms with van der Waals surface area (Å²) in [5, 5.41) is 0. The molecular weight excluding hydrogens is 210 g/mol. The molecule has 2 heteroatoms. The Kier molecular flexibility index (Phi) is 2.55. The summed E-state index contributed by atoms with van der Waals surface area (Å²) in [5.41, 5.74) is 1.51. The smallest absolute Gasteiger partial charge is 0.105 e. The first kappa shape index (κ1) is 11.6. The molecule has 2 fully saturated rings. The summed E-state index contributed by atoms with van der Waals surface area (Å²) >= 11 is 0. The second-order valence-corrected chi connectivity index (χ2v) is 6.68. The molecule has 2 bridgehead atoms. The maximum absolute atomic E-state index is 6.42. The summed E-state index contributed by atoms with van der Waals surface area (Å²) in [6, 6.07) is 0. The van der Waals surface area contributed by atoms with Crippen molar-refractivity contribution in [2.75, 3.05) is 13.1 Å². The molecular formula is C15H25NO. The zero-order valence-electron chi connectivity index (χ0n) is 11.5. The van der Waals surface area contributed by atoms with Crippen molar-refractivity contribution < 1.29 is 4.74 Å². The van der Waals surface area contributed by atoms with Crippen molar-refractivity contribution in [3.63, 3.8) is 0 Å². The number of rotatable bonds is 1. The molecule has 0 spiro atoms. The van der Waals surface area contributed by atoms with Crippen LogP contribution < -0.4 is 0 Å². The number of hydrogen-bond donors (Lipinski definition) is 0. The summed E-state index contributed by atoms with van der Waals surface area (Å²) in [7, 11) is 0. The third-order valence-corrected chi connectivity index (χ3v) is 4.91. The molecule has 0 amide bonds. The molecule has 4 rings (SSSR count). The summed E-state index contributed by atoms with van der Waals surface area (Å²) in [4.78, 5) is 2.59. The SMILES string of the molecule is CC1(C)O[C@]2(C)CC[C@H]1C=C2N1CCCCC1. The molecule has 3 aliphatic heterocycles. The fourth-order valence-electron chi connectivity index (χ4n) is 3.89. The summed E-state index contributed by atoms with van der Waals surface area (Å²) in [6.07, 6.45) is 9.11. The van der Waals surface area contributed by atoms with Crippen molar-refractivity contribution in [1.82, 2.24) is 4.90 Å². The van der Waals surface area contributed by atoms with Gasteiger partial charge in [-0.15, -0.1) is 0 Å². The topological polar surface area (TPSA) is 12.5 Å². The highest BCUT2D eigenvalue weighted by Crippen LogP contribution is 2.50. The third-order valence-electron chi connectivity index (χ3n) is 4.91. The Labute approximate surface area is 105 Å². The van der Waals surface area contributed by atoms with Crippen LogP contribution in [0.2, 0.25) is 0 Å². The van der Waals surface area contributed by atoms with Gasteiger partial charge in [-0.2, -0.15) is 0 Å². The lowest BCUT2D eigenvalue weighted by molar-refractivity contribution is -0.188. The monoisotopic (exact) mass is 235 g/mol. The van der Waals surface area contributed by atoms with Gasteiger partial charge >= 0.3 is 0 Å². The Balaban J connectivity index is 1.90. The van der Waals surface area contributed by atoms with Crippen LogP contribution in [0, 0.1) is 5.92 Å². The molecule has 0 aromatic rings. The van der Waals surface area contributed by atoms with Crippen molar-refractivity contribution in [3.05, 3.63) is 11.8 Å². The van der Waals surface area contributed by atoms with Crippen LogP contribution in [0.1, 0.15) is 52.9 Å². The Morgan fingerprint density at radius 1 is 1.18 bits per heavy atom. The van der Waals surface area contributed by atoms with Crippen molar-refractivity contribution in [3.8, 4) is 0 Å². The summed E-state index contributed by atoms with van der Waals surface area (Å²) < 4.78 is 6.42. The number of nitrogens with zero attached hydrogens (tertiary/aromatic N) is 1. The largest absolute Gasteiger partial charge is 0.373 e. The van der Waals surface area contributed by atoms with E-state index in [9.17, 15) is 0 Å². The van der Waals surface area contributed by atoms with E-state index < -0.39 is 0 Å². The first-order valence-corrected chi connectivity index (χ1v) is 7.19. The highest BCUT2D eigenvalue weighted by atomic mass is 16.5. The number of hydrogen-bond acceptors (Lipinski definition) is 2. The lowest BCUT2D eigenvalue weighted by Gasteiger charge is -2.55. The second kappa shape index (κ2) is 3.74. The van der Waals surface area contributed by atoms with E-state index in [0.717, 1.165) is 0 Å². The Morgan fingerprint density at radius 2 is 1.88 bits per heavy atom. The van der Waals surface area contributed by atoms with Gasteiger partial charge in [0.1, 0.15) is 5.60 Å². The van der Waals surface area contributed by atoms with Crippen LogP contribution in [-0.2, 0) is 4.74 Å². The zero-order valence-corrected chi connectivity index (χ0v) is 11.5. The van der Waals surface area contributed by atoms with Gasteiger partial charge in [-0.05, 0) is 52.9 Å². The standard InChI is InChI=1S/C15H25NO/c1-14(2)12-7-8-15(3,17-14)13(11-12)16-9-5-4-6-10-16/h11-12H,4-10H2,1-3H3/t12-,15+/m0/s1. The van der Waals surface area contributed by atoms with Crippen LogP contribution >= 0.6 is 0 Å². The molecule has 96 valence electrons. The van der Waals surface area contributed by atoms with Gasteiger partial charge in [-0.3, -0.25) is 0 Å². The lowest BCUT2D eigenvalue weighted by atomic mass is 9.71. The first-order chi connectivity index (χ1) is 8.01. The molecule has 2 saturated heterocycles. The van der Waals surface area contributed by atoms with Crippen LogP contribution in [-0.4, -0.2) is 29.2 Å². The van der Waals surface area contributed by atoms with Crippen LogP contribution in [0.4, 0.5) is 0 Å². The van der Waals surface area contributed by atoms with E-state index in [2.05, 4.69) is 31.7 Å².